The highest BCUT2D eigenvalue weighted by atomic mass is 32.1. The van der Waals surface area contributed by atoms with Crippen LogP contribution < -0.4 is 4.74 Å². The number of hydrogen-bond acceptors (Lipinski definition) is 2. The molecule has 0 saturated carbocycles. The first-order chi connectivity index (χ1) is 5.36. The topological polar surface area (TPSA) is 9.23 Å². The number of thiol groups is 1. The Bertz CT molecular complexity index is 205. The Morgan fingerprint density at radius 2 is 1.91 bits per heavy atom. The number of methoxy groups -OCH3 is 1. The average molecular weight is 168 g/mol. The van der Waals surface area contributed by atoms with Crippen LogP contribution in [0.4, 0.5) is 0 Å². The molecule has 1 rings (SSSR count). The highest BCUT2D eigenvalue weighted by Gasteiger charge is 1.91. The SMILES string of the molecule is COc1ccc(CCS)cc1. The first-order valence-electron chi connectivity index (χ1n) is 3.60. The standard InChI is InChI=1S/C9H12OS/c1-10-9-4-2-8(3-5-9)6-7-11/h2-5,11H,6-7H2,1H3. The molecule has 0 fully saturated rings. The maximum atomic E-state index is 5.03. The minimum atomic E-state index is 0.895. The second-order valence-corrected chi connectivity index (χ2v) is 2.77. The van der Waals surface area contributed by atoms with E-state index in [1.54, 1.807) is 7.11 Å². The zero-order valence-corrected chi connectivity index (χ0v) is 7.47. The Morgan fingerprint density at radius 3 is 2.36 bits per heavy atom. The lowest BCUT2D eigenvalue weighted by molar-refractivity contribution is 0.414. The fraction of sp³-hybridized carbons (Fsp3) is 0.333. The molecule has 11 heavy (non-hydrogen) atoms. The largest absolute Gasteiger partial charge is 0.497 e. The lowest BCUT2D eigenvalue weighted by atomic mass is 10.2. The predicted molar refractivity (Wildman–Crippen MR) is 50.6 cm³/mol. The maximum Gasteiger partial charge on any atom is 0.118 e. The van der Waals surface area contributed by atoms with Crippen LogP contribution in [0.5, 0.6) is 5.75 Å². The quantitative estimate of drug-likeness (QED) is 0.680. The van der Waals surface area contributed by atoms with Crippen molar-refractivity contribution in [1.82, 2.24) is 0 Å². The van der Waals surface area contributed by atoms with Crippen molar-refractivity contribution in [3.8, 4) is 5.75 Å². The number of ether oxygens (including phenoxy) is 1. The number of hydrogen-bond donors (Lipinski definition) is 1. The van der Waals surface area contributed by atoms with Crippen LogP contribution in [0.15, 0.2) is 24.3 Å². The van der Waals surface area contributed by atoms with E-state index in [1.165, 1.54) is 5.56 Å². The van der Waals surface area contributed by atoms with Crippen molar-refractivity contribution in [2.75, 3.05) is 12.9 Å². The van der Waals surface area contributed by atoms with E-state index < -0.39 is 0 Å². The van der Waals surface area contributed by atoms with Gasteiger partial charge in [-0.25, -0.2) is 0 Å². The third-order valence-electron chi connectivity index (χ3n) is 1.56. The van der Waals surface area contributed by atoms with Gasteiger partial charge in [0.1, 0.15) is 5.75 Å². The van der Waals surface area contributed by atoms with E-state index in [4.69, 9.17) is 4.74 Å². The van der Waals surface area contributed by atoms with Crippen molar-refractivity contribution in [2.24, 2.45) is 0 Å². The van der Waals surface area contributed by atoms with Crippen molar-refractivity contribution in [1.29, 1.82) is 0 Å². The summed E-state index contributed by atoms with van der Waals surface area (Å²) in [5.41, 5.74) is 1.31. The van der Waals surface area contributed by atoms with Gasteiger partial charge < -0.3 is 4.74 Å². The van der Waals surface area contributed by atoms with Gasteiger partial charge in [-0.2, -0.15) is 12.6 Å². The summed E-state index contributed by atoms with van der Waals surface area (Å²) in [4.78, 5) is 0. The zero-order chi connectivity index (χ0) is 8.10. The first kappa shape index (κ1) is 8.47. The van der Waals surface area contributed by atoms with Crippen LogP contribution in [0.25, 0.3) is 0 Å². The second kappa shape index (κ2) is 4.29. The summed E-state index contributed by atoms with van der Waals surface area (Å²) in [7, 11) is 1.67. The van der Waals surface area contributed by atoms with Crippen LogP contribution >= 0.6 is 12.6 Å². The summed E-state index contributed by atoms with van der Waals surface area (Å²) >= 11 is 4.15. The van der Waals surface area contributed by atoms with E-state index in [0.29, 0.717) is 0 Å². The Kier molecular flexibility index (Phi) is 3.30. The molecule has 0 N–H and O–H groups in total. The Morgan fingerprint density at radius 1 is 1.27 bits per heavy atom. The van der Waals surface area contributed by atoms with Crippen LogP contribution in [0.3, 0.4) is 0 Å². The number of benzene rings is 1. The van der Waals surface area contributed by atoms with Gasteiger partial charge in [-0.15, -0.1) is 0 Å². The molecule has 1 nitrogen and oxygen atoms in total. The Balaban J connectivity index is 2.66. The molecule has 60 valence electrons. The molecule has 2 heteroatoms. The van der Waals surface area contributed by atoms with Gasteiger partial charge in [0, 0.05) is 0 Å². The highest BCUT2D eigenvalue weighted by Crippen LogP contribution is 2.11. The molecular weight excluding hydrogens is 156 g/mol. The van der Waals surface area contributed by atoms with Crippen molar-refractivity contribution in [3.63, 3.8) is 0 Å². The van der Waals surface area contributed by atoms with Crippen LogP contribution in [0.2, 0.25) is 0 Å². The zero-order valence-electron chi connectivity index (χ0n) is 6.58. The van der Waals surface area contributed by atoms with Crippen LogP contribution in [0.1, 0.15) is 5.56 Å². The van der Waals surface area contributed by atoms with Crippen molar-refractivity contribution in [2.45, 2.75) is 6.42 Å². The van der Waals surface area contributed by atoms with Crippen molar-refractivity contribution in [3.05, 3.63) is 29.8 Å². The van der Waals surface area contributed by atoms with Crippen LogP contribution in [-0.4, -0.2) is 12.9 Å². The highest BCUT2D eigenvalue weighted by molar-refractivity contribution is 7.80. The molecule has 1 aromatic carbocycles. The molecule has 0 aliphatic rings. The van der Waals surface area contributed by atoms with Gasteiger partial charge in [0.25, 0.3) is 0 Å². The van der Waals surface area contributed by atoms with E-state index in [0.717, 1.165) is 17.9 Å². The number of rotatable bonds is 3. The fourth-order valence-electron chi connectivity index (χ4n) is 0.921. The van der Waals surface area contributed by atoms with Gasteiger partial charge in [-0.1, -0.05) is 12.1 Å². The van der Waals surface area contributed by atoms with Gasteiger partial charge >= 0.3 is 0 Å². The molecule has 0 atom stereocenters. The molecule has 0 saturated heterocycles. The summed E-state index contributed by atoms with van der Waals surface area (Å²) in [6, 6.07) is 8.07. The first-order valence-corrected chi connectivity index (χ1v) is 4.24. The van der Waals surface area contributed by atoms with Gasteiger partial charge in [0.15, 0.2) is 0 Å². The van der Waals surface area contributed by atoms with Crippen molar-refractivity contribution >= 4 is 12.6 Å². The van der Waals surface area contributed by atoms with E-state index in [-0.39, 0.29) is 0 Å². The third kappa shape index (κ3) is 2.46. The summed E-state index contributed by atoms with van der Waals surface area (Å²) in [6.07, 6.45) is 1.02. The minimum absolute atomic E-state index is 0.895. The fourth-order valence-corrected chi connectivity index (χ4v) is 1.18. The molecule has 0 spiro atoms. The molecule has 0 unspecified atom stereocenters. The summed E-state index contributed by atoms with van der Waals surface area (Å²) < 4.78 is 5.03. The Labute approximate surface area is 72.8 Å². The molecule has 0 aliphatic heterocycles. The van der Waals surface area contributed by atoms with E-state index in [2.05, 4.69) is 24.8 Å². The molecule has 0 aliphatic carbocycles. The van der Waals surface area contributed by atoms with Gasteiger partial charge in [-0.05, 0) is 29.9 Å². The van der Waals surface area contributed by atoms with Gasteiger partial charge in [-0.3, -0.25) is 0 Å². The molecule has 0 heterocycles. The lowest BCUT2D eigenvalue weighted by Crippen LogP contribution is -1.86. The molecule has 1 aromatic rings. The van der Waals surface area contributed by atoms with Crippen LogP contribution in [-0.2, 0) is 6.42 Å². The lowest BCUT2D eigenvalue weighted by Gasteiger charge is -2.00. The molecule has 0 radical (unpaired) electrons. The monoisotopic (exact) mass is 168 g/mol. The smallest absolute Gasteiger partial charge is 0.118 e. The van der Waals surface area contributed by atoms with E-state index in [9.17, 15) is 0 Å². The third-order valence-corrected chi connectivity index (χ3v) is 1.78. The molecule has 0 amide bonds. The van der Waals surface area contributed by atoms with Crippen LogP contribution in [0, 0.1) is 0 Å². The van der Waals surface area contributed by atoms with Gasteiger partial charge in [0.05, 0.1) is 7.11 Å². The van der Waals surface area contributed by atoms with E-state index in [1.807, 2.05) is 12.1 Å². The average Bonchev–Trinajstić information content (AvgIpc) is 2.07. The maximum absolute atomic E-state index is 5.03. The second-order valence-electron chi connectivity index (χ2n) is 2.32. The predicted octanol–water partition coefficient (Wildman–Crippen LogP) is 2.17. The summed E-state index contributed by atoms with van der Waals surface area (Å²) in [5.74, 6) is 1.81. The Hall–Kier alpha value is -0.630. The van der Waals surface area contributed by atoms with Crippen molar-refractivity contribution < 1.29 is 4.74 Å². The van der Waals surface area contributed by atoms with E-state index >= 15 is 0 Å². The normalized spacial score (nSPS) is 9.64. The molecule has 0 aromatic heterocycles. The minimum Gasteiger partial charge on any atom is -0.497 e. The summed E-state index contributed by atoms with van der Waals surface area (Å²) in [6.45, 7) is 0. The number of aryl methyl sites for hydroxylation is 1. The summed E-state index contributed by atoms with van der Waals surface area (Å²) in [5, 5.41) is 0. The molecule has 0 bridgehead atoms. The van der Waals surface area contributed by atoms with Gasteiger partial charge in [0.2, 0.25) is 0 Å². The molecular formula is C9H12OS.